The molecule has 0 radical (unpaired) electrons. The zero-order valence-electron chi connectivity index (χ0n) is 13.1. The number of halogens is 1. The summed E-state index contributed by atoms with van der Waals surface area (Å²) in [6, 6.07) is 13.1. The number of carbonyl (C=O) groups excluding carboxylic acids is 1. The molecule has 2 aromatic carbocycles. The van der Waals surface area contributed by atoms with E-state index in [0.29, 0.717) is 17.4 Å². The van der Waals surface area contributed by atoms with Crippen LogP contribution in [0.5, 0.6) is 5.75 Å². The van der Waals surface area contributed by atoms with Crippen molar-refractivity contribution in [3.05, 3.63) is 63.6 Å². The molecule has 0 aliphatic carbocycles. The molecule has 7 heteroatoms. The Labute approximate surface area is 155 Å². The van der Waals surface area contributed by atoms with Gasteiger partial charge < -0.3 is 0 Å². The van der Waals surface area contributed by atoms with Gasteiger partial charge >= 0.3 is 156 Å². The van der Waals surface area contributed by atoms with E-state index < -0.39 is 0 Å². The number of hydrogen-bond donors (Lipinski definition) is 3. The van der Waals surface area contributed by atoms with Crippen LogP contribution < -0.4 is 15.8 Å². The first-order valence-corrected chi connectivity index (χ1v) is 10.0. The predicted molar refractivity (Wildman–Crippen MR) is 99.7 cm³/mol. The van der Waals surface area contributed by atoms with Crippen LogP contribution in [0, 0.1) is 5.41 Å². The Morgan fingerprint density at radius 2 is 2.12 bits per heavy atom. The summed E-state index contributed by atoms with van der Waals surface area (Å²) in [7, 11) is 1.61. The first-order valence-electron chi connectivity index (χ1n) is 7.16. The zero-order valence-corrected chi connectivity index (χ0v) is 16.4. The fourth-order valence-corrected chi connectivity index (χ4v) is 3.68. The third-order valence-corrected chi connectivity index (χ3v) is 5.38. The van der Waals surface area contributed by atoms with Crippen molar-refractivity contribution in [2.75, 3.05) is 7.11 Å². The molecule has 0 atom stereocenters. The summed E-state index contributed by atoms with van der Waals surface area (Å²) >= 11 is 3.27. The van der Waals surface area contributed by atoms with E-state index in [0.717, 1.165) is 21.3 Å². The van der Waals surface area contributed by atoms with Crippen molar-refractivity contribution >= 4 is 41.5 Å². The third kappa shape index (κ3) is 5.37. The number of nitrogens with one attached hydrogen (secondary N) is 2. The first kappa shape index (κ1) is 18.5. The molecular formula is C17H18BrN3O2Se. The van der Waals surface area contributed by atoms with Gasteiger partial charge in [-0.05, 0) is 0 Å². The minimum absolute atomic E-state index is 0.139. The van der Waals surface area contributed by atoms with Crippen LogP contribution in [0.2, 0.25) is 0 Å². The Bertz CT molecular complexity index is 752. The van der Waals surface area contributed by atoms with Crippen LogP contribution in [0.25, 0.3) is 0 Å². The molecular weight excluding hydrogens is 437 g/mol. The normalized spacial score (nSPS) is 10.2. The van der Waals surface area contributed by atoms with E-state index >= 15 is 0 Å². The summed E-state index contributed by atoms with van der Waals surface area (Å²) in [4.78, 5) is 12.5. The van der Waals surface area contributed by atoms with Gasteiger partial charge in [0.2, 0.25) is 0 Å². The monoisotopic (exact) mass is 455 g/mol. The standard InChI is InChI=1S/C17H18BrN3O2Se/c1-23-14-4-2-3-11(7-14)9-21-16(22)15-6-5-13(18)8-12(15)10-24-17(19)20/h2-8H,9-10H2,1H3,(H3,19,20)(H,21,22). The number of amides is 1. The van der Waals surface area contributed by atoms with Gasteiger partial charge in [0.25, 0.3) is 0 Å². The Kier molecular flexibility index (Phi) is 6.84. The molecule has 0 bridgehead atoms. The molecule has 24 heavy (non-hydrogen) atoms. The molecule has 2 rings (SSSR count). The topological polar surface area (TPSA) is 88.2 Å². The molecule has 0 aliphatic heterocycles. The van der Waals surface area contributed by atoms with Gasteiger partial charge in [0, 0.05) is 0 Å². The molecule has 0 fully saturated rings. The van der Waals surface area contributed by atoms with Crippen molar-refractivity contribution in [2.45, 2.75) is 11.9 Å². The number of ether oxygens (including phenoxy) is 1. The van der Waals surface area contributed by atoms with Gasteiger partial charge in [0.1, 0.15) is 0 Å². The second-order valence-electron chi connectivity index (χ2n) is 4.99. The second-order valence-corrected chi connectivity index (χ2v) is 8.04. The van der Waals surface area contributed by atoms with Crippen molar-refractivity contribution < 1.29 is 9.53 Å². The molecule has 0 saturated heterocycles. The Hall–Kier alpha value is -1.82. The van der Waals surface area contributed by atoms with Crippen molar-refractivity contribution in [2.24, 2.45) is 5.73 Å². The SMILES string of the molecule is COc1cccc(CNC(=O)c2ccc(Br)cc2C[Se]C(=N)N)c1. The summed E-state index contributed by atoms with van der Waals surface area (Å²) < 4.78 is 6.26. The molecule has 0 aliphatic rings. The van der Waals surface area contributed by atoms with Crippen LogP contribution in [-0.2, 0) is 11.9 Å². The maximum absolute atomic E-state index is 12.5. The number of carbonyl (C=O) groups is 1. The number of hydrogen-bond acceptors (Lipinski definition) is 3. The van der Waals surface area contributed by atoms with Gasteiger partial charge in [0.15, 0.2) is 0 Å². The molecule has 0 spiro atoms. The van der Waals surface area contributed by atoms with Crippen molar-refractivity contribution in [1.29, 1.82) is 5.41 Å². The molecule has 126 valence electrons. The summed E-state index contributed by atoms with van der Waals surface area (Å²) in [5.41, 5.74) is 7.93. The Balaban J connectivity index is 2.09. The molecule has 4 N–H and O–H groups in total. The fourth-order valence-electron chi connectivity index (χ4n) is 2.12. The van der Waals surface area contributed by atoms with Crippen LogP contribution in [-0.4, -0.2) is 32.7 Å². The summed E-state index contributed by atoms with van der Waals surface area (Å²) in [5.74, 6) is 0.620. The minimum atomic E-state index is -0.150. The van der Waals surface area contributed by atoms with Gasteiger partial charge in [-0.15, -0.1) is 0 Å². The molecule has 1 amide bonds. The van der Waals surface area contributed by atoms with Crippen molar-refractivity contribution in [3.63, 3.8) is 0 Å². The van der Waals surface area contributed by atoms with Gasteiger partial charge in [-0.25, -0.2) is 0 Å². The number of rotatable bonds is 7. The second kappa shape index (κ2) is 8.87. The van der Waals surface area contributed by atoms with Gasteiger partial charge in [0.05, 0.1) is 0 Å². The van der Waals surface area contributed by atoms with Gasteiger partial charge in [-0.2, -0.15) is 0 Å². The summed E-state index contributed by atoms with van der Waals surface area (Å²) in [6.45, 7) is 0.420. The quantitative estimate of drug-likeness (QED) is 0.341. The average molecular weight is 455 g/mol. The number of benzene rings is 2. The summed E-state index contributed by atoms with van der Waals surface area (Å²) in [5, 5.41) is 10.9. The van der Waals surface area contributed by atoms with E-state index in [9.17, 15) is 4.79 Å². The predicted octanol–water partition coefficient (Wildman–Crippen LogP) is 2.49. The van der Waals surface area contributed by atoms with Crippen molar-refractivity contribution in [3.8, 4) is 5.75 Å². The van der Waals surface area contributed by atoms with Crippen molar-refractivity contribution in [1.82, 2.24) is 5.32 Å². The van der Waals surface area contributed by atoms with E-state index in [2.05, 4.69) is 21.2 Å². The Morgan fingerprint density at radius 3 is 2.83 bits per heavy atom. The van der Waals surface area contributed by atoms with E-state index in [4.69, 9.17) is 15.9 Å². The molecule has 0 unspecified atom stereocenters. The van der Waals surface area contributed by atoms with Crippen LogP contribution in [0.1, 0.15) is 21.5 Å². The van der Waals surface area contributed by atoms with E-state index in [1.807, 2.05) is 36.4 Å². The first-order chi connectivity index (χ1) is 11.5. The summed E-state index contributed by atoms with van der Waals surface area (Å²) in [6.07, 6.45) is 0. The molecule has 2 aromatic rings. The van der Waals surface area contributed by atoms with E-state index in [1.54, 1.807) is 13.2 Å². The van der Waals surface area contributed by atoms with Crippen LogP contribution in [0.3, 0.4) is 0 Å². The van der Waals surface area contributed by atoms with Gasteiger partial charge in [-0.3, -0.25) is 0 Å². The fraction of sp³-hybridized carbons (Fsp3) is 0.176. The van der Waals surface area contributed by atoms with Crippen LogP contribution in [0.15, 0.2) is 46.9 Å². The maximum atomic E-state index is 12.5. The number of methoxy groups -OCH3 is 1. The molecule has 0 aromatic heterocycles. The number of nitrogens with two attached hydrogens (primary N) is 1. The third-order valence-electron chi connectivity index (χ3n) is 3.28. The Morgan fingerprint density at radius 1 is 1.33 bits per heavy atom. The van der Waals surface area contributed by atoms with Gasteiger partial charge in [-0.1, -0.05) is 0 Å². The average Bonchev–Trinajstić information content (AvgIpc) is 2.58. The number of amidine groups is 1. The molecule has 0 saturated carbocycles. The van der Waals surface area contributed by atoms with Crippen LogP contribution in [0.4, 0.5) is 0 Å². The van der Waals surface area contributed by atoms with E-state index in [1.165, 1.54) is 0 Å². The molecule has 0 heterocycles. The van der Waals surface area contributed by atoms with Crippen LogP contribution >= 0.6 is 15.9 Å². The molecule has 5 nitrogen and oxygen atoms in total. The van der Waals surface area contributed by atoms with E-state index in [-0.39, 0.29) is 25.6 Å². The zero-order chi connectivity index (χ0) is 17.5.